The molecular formula is C20H20N2O4. The van der Waals surface area contributed by atoms with Crippen molar-refractivity contribution < 1.29 is 18.7 Å². The molecule has 26 heavy (non-hydrogen) atoms. The first-order valence-corrected chi connectivity index (χ1v) is 8.71. The molecule has 134 valence electrons. The highest BCUT2D eigenvalue weighted by Crippen LogP contribution is 2.34. The highest BCUT2D eigenvalue weighted by Gasteiger charge is 2.42. The van der Waals surface area contributed by atoms with E-state index < -0.39 is 0 Å². The minimum atomic E-state index is -0.279. The van der Waals surface area contributed by atoms with E-state index in [1.54, 1.807) is 37.6 Å². The molecule has 2 aliphatic heterocycles. The maximum atomic E-state index is 13.1. The van der Waals surface area contributed by atoms with E-state index in [1.165, 1.54) is 4.90 Å². The Hall–Kier alpha value is -3.02. The molecule has 0 aliphatic carbocycles. The van der Waals surface area contributed by atoms with Gasteiger partial charge in [-0.15, -0.1) is 0 Å². The van der Waals surface area contributed by atoms with Crippen LogP contribution in [0.4, 0.5) is 0 Å². The lowest BCUT2D eigenvalue weighted by molar-refractivity contribution is -0.138. The van der Waals surface area contributed by atoms with E-state index in [1.807, 2.05) is 17.0 Å². The van der Waals surface area contributed by atoms with Crippen molar-refractivity contribution >= 4 is 17.4 Å². The summed E-state index contributed by atoms with van der Waals surface area (Å²) in [7, 11) is 1.60. The number of carbonyl (C=O) groups excluding carboxylic acids is 2. The van der Waals surface area contributed by atoms with Crippen molar-refractivity contribution in [1.29, 1.82) is 0 Å². The molecule has 3 heterocycles. The number of amides is 2. The van der Waals surface area contributed by atoms with Gasteiger partial charge in [-0.05, 0) is 42.7 Å². The van der Waals surface area contributed by atoms with Crippen LogP contribution in [0.5, 0.6) is 5.75 Å². The summed E-state index contributed by atoms with van der Waals surface area (Å²) in [5.41, 5.74) is 1.70. The lowest BCUT2D eigenvalue weighted by Gasteiger charge is -2.19. The molecule has 2 aromatic rings. The minimum Gasteiger partial charge on any atom is -0.497 e. The molecule has 6 heteroatoms. The number of methoxy groups -OCH3 is 1. The maximum absolute atomic E-state index is 13.1. The summed E-state index contributed by atoms with van der Waals surface area (Å²) in [5, 5.41) is 0. The van der Waals surface area contributed by atoms with Crippen molar-refractivity contribution in [3.63, 3.8) is 0 Å². The SMILES string of the molecule is COc1ccc(C2=C(N3CCCC3)C(=O)N(Cc3ccco3)C2=O)cc1. The van der Waals surface area contributed by atoms with Gasteiger partial charge in [-0.1, -0.05) is 12.1 Å². The summed E-state index contributed by atoms with van der Waals surface area (Å²) >= 11 is 0. The standard InChI is InChI=1S/C20H20N2O4/c1-25-15-8-6-14(7-9-15)17-18(21-10-2-3-11-21)20(24)22(19(17)23)13-16-5-4-12-26-16/h4-9,12H,2-3,10-11,13H2,1H3. The average Bonchev–Trinajstić information content (AvgIpc) is 3.40. The van der Waals surface area contributed by atoms with Gasteiger partial charge in [0.1, 0.15) is 17.2 Å². The fourth-order valence-corrected chi connectivity index (χ4v) is 3.52. The van der Waals surface area contributed by atoms with Gasteiger partial charge in [0, 0.05) is 13.1 Å². The summed E-state index contributed by atoms with van der Waals surface area (Å²) in [5.74, 6) is 0.766. The number of hydrogen-bond acceptors (Lipinski definition) is 5. The average molecular weight is 352 g/mol. The second kappa shape index (κ2) is 6.71. The van der Waals surface area contributed by atoms with Crippen molar-refractivity contribution in [1.82, 2.24) is 9.80 Å². The second-order valence-corrected chi connectivity index (χ2v) is 6.42. The first-order valence-electron chi connectivity index (χ1n) is 8.71. The third-order valence-corrected chi connectivity index (χ3v) is 4.84. The third kappa shape index (κ3) is 2.77. The van der Waals surface area contributed by atoms with Gasteiger partial charge in [-0.2, -0.15) is 0 Å². The largest absolute Gasteiger partial charge is 0.497 e. The molecule has 1 aromatic carbocycles. The summed E-state index contributed by atoms with van der Waals surface area (Å²) in [6, 6.07) is 10.8. The molecule has 0 N–H and O–H groups in total. The van der Waals surface area contributed by atoms with Crippen LogP contribution in [0.15, 0.2) is 52.8 Å². The third-order valence-electron chi connectivity index (χ3n) is 4.84. The zero-order valence-corrected chi connectivity index (χ0v) is 14.6. The minimum absolute atomic E-state index is 0.141. The number of carbonyl (C=O) groups is 2. The van der Waals surface area contributed by atoms with Crippen molar-refractivity contribution in [2.45, 2.75) is 19.4 Å². The Labute approximate surface area is 151 Å². The quantitative estimate of drug-likeness (QED) is 0.774. The van der Waals surface area contributed by atoms with E-state index in [2.05, 4.69) is 0 Å². The zero-order chi connectivity index (χ0) is 18.1. The maximum Gasteiger partial charge on any atom is 0.278 e. The summed E-state index contributed by atoms with van der Waals surface area (Å²) in [6.07, 6.45) is 3.59. The van der Waals surface area contributed by atoms with Crippen LogP contribution >= 0.6 is 0 Å². The van der Waals surface area contributed by atoms with Crippen LogP contribution in [-0.4, -0.2) is 41.8 Å². The molecule has 0 spiro atoms. The summed E-state index contributed by atoms with van der Waals surface area (Å²) < 4.78 is 10.5. The Balaban J connectivity index is 1.74. The van der Waals surface area contributed by atoms with E-state index in [-0.39, 0.29) is 18.4 Å². The highest BCUT2D eigenvalue weighted by atomic mass is 16.5. The first kappa shape index (κ1) is 16.4. The highest BCUT2D eigenvalue weighted by molar-refractivity contribution is 6.35. The number of benzene rings is 1. The van der Waals surface area contributed by atoms with Crippen molar-refractivity contribution in [3.8, 4) is 5.75 Å². The van der Waals surface area contributed by atoms with E-state index in [0.29, 0.717) is 22.8 Å². The number of imide groups is 1. The first-order chi connectivity index (χ1) is 12.7. The molecule has 0 unspecified atom stereocenters. The fourth-order valence-electron chi connectivity index (χ4n) is 3.52. The van der Waals surface area contributed by atoms with Gasteiger partial charge >= 0.3 is 0 Å². The predicted octanol–water partition coefficient (Wildman–Crippen LogP) is 2.66. The van der Waals surface area contributed by atoms with Gasteiger partial charge in [0.2, 0.25) is 0 Å². The smallest absolute Gasteiger partial charge is 0.278 e. The van der Waals surface area contributed by atoms with Gasteiger partial charge < -0.3 is 14.1 Å². The Morgan fingerprint density at radius 3 is 2.38 bits per heavy atom. The van der Waals surface area contributed by atoms with Crippen molar-refractivity contribution in [3.05, 3.63) is 59.7 Å². The molecule has 0 atom stereocenters. The summed E-state index contributed by atoms with van der Waals surface area (Å²) in [6.45, 7) is 1.73. The van der Waals surface area contributed by atoms with Crippen molar-refractivity contribution in [2.75, 3.05) is 20.2 Å². The molecule has 0 saturated carbocycles. The number of likely N-dealkylation sites (tertiary alicyclic amines) is 1. The topological polar surface area (TPSA) is 63.0 Å². The molecule has 6 nitrogen and oxygen atoms in total. The molecule has 2 aliphatic rings. The number of furan rings is 1. The molecular weight excluding hydrogens is 332 g/mol. The summed E-state index contributed by atoms with van der Waals surface area (Å²) in [4.78, 5) is 29.5. The number of ether oxygens (including phenoxy) is 1. The Kier molecular flexibility index (Phi) is 4.24. The predicted molar refractivity (Wildman–Crippen MR) is 95.0 cm³/mol. The van der Waals surface area contributed by atoms with Gasteiger partial charge in [0.25, 0.3) is 11.8 Å². The molecule has 0 radical (unpaired) electrons. The van der Waals surface area contributed by atoms with E-state index in [0.717, 1.165) is 31.5 Å². The zero-order valence-electron chi connectivity index (χ0n) is 14.6. The van der Waals surface area contributed by atoms with E-state index >= 15 is 0 Å². The molecule has 4 rings (SSSR count). The van der Waals surface area contributed by atoms with Crippen molar-refractivity contribution in [2.24, 2.45) is 0 Å². The number of nitrogens with zero attached hydrogens (tertiary/aromatic N) is 2. The molecule has 1 fully saturated rings. The Morgan fingerprint density at radius 1 is 1.04 bits per heavy atom. The monoisotopic (exact) mass is 352 g/mol. The number of rotatable bonds is 5. The Bertz CT molecular complexity index is 846. The lowest BCUT2D eigenvalue weighted by Crippen LogP contribution is -2.33. The van der Waals surface area contributed by atoms with E-state index in [4.69, 9.17) is 9.15 Å². The van der Waals surface area contributed by atoms with Crippen LogP contribution in [-0.2, 0) is 16.1 Å². The van der Waals surface area contributed by atoms with Crippen LogP contribution in [0.1, 0.15) is 24.2 Å². The van der Waals surface area contributed by atoms with Crippen LogP contribution < -0.4 is 4.74 Å². The molecule has 2 amide bonds. The molecule has 0 bridgehead atoms. The van der Waals surface area contributed by atoms with Gasteiger partial charge in [-0.3, -0.25) is 14.5 Å². The van der Waals surface area contributed by atoms with Gasteiger partial charge in [-0.25, -0.2) is 0 Å². The Morgan fingerprint density at radius 2 is 1.77 bits per heavy atom. The van der Waals surface area contributed by atoms with Gasteiger partial charge in [0.05, 0.1) is 25.5 Å². The lowest BCUT2D eigenvalue weighted by atomic mass is 10.0. The van der Waals surface area contributed by atoms with Crippen LogP contribution in [0, 0.1) is 0 Å². The van der Waals surface area contributed by atoms with Gasteiger partial charge in [0.15, 0.2) is 0 Å². The van der Waals surface area contributed by atoms with Crippen LogP contribution in [0.3, 0.4) is 0 Å². The normalized spacial score (nSPS) is 17.6. The molecule has 1 saturated heterocycles. The van der Waals surface area contributed by atoms with Crippen LogP contribution in [0.2, 0.25) is 0 Å². The molecule has 1 aromatic heterocycles. The fraction of sp³-hybridized carbons (Fsp3) is 0.300. The van der Waals surface area contributed by atoms with E-state index in [9.17, 15) is 9.59 Å². The van der Waals surface area contributed by atoms with Crippen LogP contribution in [0.25, 0.3) is 5.57 Å². The second-order valence-electron chi connectivity index (χ2n) is 6.42. The number of hydrogen-bond donors (Lipinski definition) is 0.